The van der Waals surface area contributed by atoms with E-state index in [1.54, 1.807) is 24.3 Å². The van der Waals surface area contributed by atoms with Crippen LogP contribution in [0.25, 0.3) is 6.08 Å². The summed E-state index contributed by atoms with van der Waals surface area (Å²) >= 11 is 6.35. The maximum absolute atomic E-state index is 12.5. The number of alkyl halides is 3. The molecule has 0 radical (unpaired) electrons. The fraction of sp³-hybridized carbons (Fsp3) is 0.174. The summed E-state index contributed by atoms with van der Waals surface area (Å²) in [5.41, 5.74) is 1.59. The minimum absolute atomic E-state index is 0.113. The normalized spacial score (nSPS) is 13.0. The van der Waals surface area contributed by atoms with Crippen molar-refractivity contribution >= 4 is 41.0 Å². The Morgan fingerprint density at radius 3 is 2.69 bits per heavy atom. The molecule has 2 heterocycles. The zero-order chi connectivity index (χ0) is 25.0. The summed E-state index contributed by atoms with van der Waals surface area (Å²) in [5.74, 6) is 0.450. The van der Waals surface area contributed by atoms with Gasteiger partial charge in [-0.25, -0.2) is 14.8 Å². The number of benzene rings is 2. The van der Waals surface area contributed by atoms with Crippen molar-refractivity contribution in [1.29, 1.82) is 0 Å². The summed E-state index contributed by atoms with van der Waals surface area (Å²) in [4.78, 5) is 20.5. The van der Waals surface area contributed by atoms with Crippen LogP contribution in [-0.2, 0) is 9.53 Å². The van der Waals surface area contributed by atoms with Gasteiger partial charge in [-0.05, 0) is 42.8 Å². The number of rotatable bonds is 6. The number of hydrogen-bond donors (Lipinski definition) is 2. The molecule has 35 heavy (non-hydrogen) atoms. The molecule has 4 rings (SSSR count). The van der Waals surface area contributed by atoms with Crippen molar-refractivity contribution in [2.24, 2.45) is 0 Å². The van der Waals surface area contributed by atoms with Crippen molar-refractivity contribution in [2.45, 2.75) is 12.8 Å². The fourth-order valence-electron chi connectivity index (χ4n) is 3.29. The maximum Gasteiger partial charge on any atom is 0.573 e. The first-order valence-electron chi connectivity index (χ1n) is 10.2. The van der Waals surface area contributed by atoms with Crippen LogP contribution in [0.5, 0.6) is 17.2 Å². The van der Waals surface area contributed by atoms with Gasteiger partial charge >= 0.3 is 12.3 Å². The summed E-state index contributed by atoms with van der Waals surface area (Å²) in [6.07, 6.45) is -1.32. The van der Waals surface area contributed by atoms with Crippen LogP contribution in [0.15, 0.2) is 54.4 Å². The standard InChI is InChI=1S/C23H18ClF3N4O4/c1-33-22(32)13-7-8-28-20-17(9-13)21(30-12-29-20)31-14-5-6-19(18(24)10-14)34-15-3-2-4-16(11-15)35-23(25,26)27/h2-6,9-12H,7-8H2,1H3,(H2,28,29,30,31). The van der Waals surface area contributed by atoms with E-state index in [-0.39, 0.29) is 16.5 Å². The van der Waals surface area contributed by atoms with E-state index in [0.717, 1.165) is 12.1 Å². The average molecular weight is 507 g/mol. The second-order valence-electron chi connectivity index (χ2n) is 7.22. The molecular formula is C23H18ClF3N4O4. The molecule has 0 amide bonds. The predicted octanol–water partition coefficient (Wildman–Crippen LogP) is 5.94. The van der Waals surface area contributed by atoms with Crippen LogP contribution in [-0.4, -0.2) is 36.0 Å². The van der Waals surface area contributed by atoms with Gasteiger partial charge in [-0.1, -0.05) is 17.7 Å². The molecular weight excluding hydrogens is 489 g/mol. The Balaban J connectivity index is 1.55. The van der Waals surface area contributed by atoms with Gasteiger partial charge < -0.3 is 24.8 Å². The molecule has 0 unspecified atom stereocenters. The Hall–Kier alpha value is -3.99. The molecule has 0 saturated carbocycles. The lowest BCUT2D eigenvalue weighted by atomic mass is 10.1. The maximum atomic E-state index is 12.5. The highest BCUT2D eigenvalue weighted by atomic mass is 35.5. The molecule has 0 bridgehead atoms. The zero-order valence-corrected chi connectivity index (χ0v) is 18.9. The Morgan fingerprint density at radius 2 is 1.94 bits per heavy atom. The van der Waals surface area contributed by atoms with E-state index in [1.165, 1.54) is 25.6 Å². The lowest BCUT2D eigenvalue weighted by Gasteiger charge is -2.14. The van der Waals surface area contributed by atoms with Crippen molar-refractivity contribution in [1.82, 2.24) is 9.97 Å². The number of methoxy groups -OCH3 is 1. The van der Waals surface area contributed by atoms with Crippen LogP contribution < -0.4 is 20.1 Å². The molecule has 0 atom stereocenters. The molecule has 1 aliphatic rings. The third kappa shape index (κ3) is 6.12. The summed E-state index contributed by atoms with van der Waals surface area (Å²) < 4.78 is 51.8. The number of halogens is 4. The topological polar surface area (TPSA) is 94.6 Å². The molecule has 0 aliphatic carbocycles. The first-order valence-corrected chi connectivity index (χ1v) is 10.6. The Kier molecular flexibility index (Phi) is 6.97. The fourth-order valence-corrected chi connectivity index (χ4v) is 3.51. The highest BCUT2D eigenvalue weighted by Crippen LogP contribution is 2.35. The SMILES string of the molecule is COC(=O)C1=Cc2c(ncnc2Nc2ccc(Oc3cccc(OC(F)(F)F)c3)c(Cl)c2)NCC1. The minimum Gasteiger partial charge on any atom is -0.466 e. The van der Waals surface area contributed by atoms with Gasteiger partial charge in [0.05, 0.1) is 17.7 Å². The lowest BCUT2D eigenvalue weighted by Crippen LogP contribution is -2.17. The van der Waals surface area contributed by atoms with E-state index in [0.29, 0.717) is 41.4 Å². The number of hydrogen-bond acceptors (Lipinski definition) is 8. The van der Waals surface area contributed by atoms with Crippen molar-refractivity contribution in [3.05, 3.63) is 65.0 Å². The van der Waals surface area contributed by atoms with Gasteiger partial charge in [0, 0.05) is 23.9 Å². The molecule has 1 aliphatic heterocycles. The van der Waals surface area contributed by atoms with Crippen molar-refractivity contribution in [3.8, 4) is 17.2 Å². The average Bonchev–Trinajstić information content (AvgIpc) is 3.03. The molecule has 1 aromatic heterocycles. The summed E-state index contributed by atoms with van der Waals surface area (Å²) in [6, 6.07) is 9.87. The minimum atomic E-state index is -4.81. The molecule has 3 aromatic rings. The number of ether oxygens (including phenoxy) is 3. The summed E-state index contributed by atoms with van der Waals surface area (Å²) in [5, 5.41) is 6.48. The Labute approximate surface area is 202 Å². The number of anilines is 3. The molecule has 2 N–H and O–H groups in total. The second kappa shape index (κ2) is 10.1. The zero-order valence-electron chi connectivity index (χ0n) is 18.1. The quantitative estimate of drug-likeness (QED) is 0.397. The van der Waals surface area contributed by atoms with E-state index >= 15 is 0 Å². The van der Waals surface area contributed by atoms with E-state index in [9.17, 15) is 18.0 Å². The number of fused-ring (bicyclic) bond motifs is 1. The monoisotopic (exact) mass is 506 g/mol. The Bertz CT molecular complexity index is 1280. The van der Waals surface area contributed by atoms with Crippen LogP contribution in [0.3, 0.4) is 0 Å². The molecule has 0 saturated heterocycles. The second-order valence-corrected chi connectivity index (χ2v) is 7.62. The van der Waals surface area contributed by atoms with Crippen LogP contribution in [0.1, 0.15) is 12.0 Å². The third-order valence-electron chi connectivity index (χ3n) is 4.80. The van der Waals surface area contributed by atoms with Gasteiger partial charge in [0.15, 0.2) is 0 Å². The highest BCUT2D eigenvalue weighted by Gasteiger charge is 2.31. The molecule has 12 heteroatoms. The van der Waals surface area contributed by atoms with E-state index in [4.69, 9.17) is 21.1 Å². The number of nitrogens with one attached hydrogen (secondary N) is 2. The van der Waals surface area contributed by atoms with Crippen molar-refractivity contribution in [2.75, 3.05) is 24.3 Å². The van der Waals surface area contributed by atoms with E-state index in [1.807, 2.05) is 0 Å². The molecule has 0 fully saturated rings. The first-order chi connectivity index (χ1) is 16.7. The third-order valence-corrected chi connectivity index (χ3v) is 5.09. The van der Waals surface area contributed by atoms with Gasteiger partial charge in [-0.3, -0.25) is 0 Å². The summed E-state index contributed by atoms with van der Waals surface area (Å²) in [6.45, 7) is 0.497. The van der Waals surface area contributed by atoms with Gasteiger partial charge in [-0.15, -0.1) is 13.2 Å². The van der Waals surface area contributed by atoms with Crippen molar-refractivity contribution < 1.29 is 32.2 Å². The van der Waals surface area contributed by atoms with Gasteiger partial charge in [0.25, 0.3) is 0 Å². The molecule has 0 spiro atoms. The van der Waals surface area contributed by atoms with Gasteiger partial charge in [0.1, 0.15) is 35.2 Å². The van der Waals surface area contributed by atoms with Crippen molar-refractivity contribution in [3.63, 3.8) is 0 Å². The number of carbonyl (C=O) groups excluding carboxylic acids is 1. The van der Waals surface area contributed by atoms with Gasteiger partial charge in [0.2, 0.25) is 0 Å². The number of aromatic nitrogens is 2. The lowest BCUT2D eigenvalue weighted by molar-refractivity contribution is -0.274. The molecule has 182 valence electrons. The first kappa shape index (κ1) is 24.1. The molecule has 8 nitrogen and oxygen atoms in total. The smallest absolute Gasteiger partial charge is 0.466 e. The van der Waals surface area contributed by atoms with E-state index < -0.39 is 18.1 Å². The van der Waals surface area contributed by atoms with Crippen LogP contribution in [0, 0.1) is 0 Å². The number of esters is 1. The van der Waals surface area contributed by atoms with E-state index in [2.05, 4.69) is 25.3 Å². The Morgan fingerprint density at radius 1 is 1.14 bits per heavy atom. The van der Waals surface area contributed by atoms with Crippen LogP contribution >= 0.6 is 11.6 Å². The predicted molar refractivity (Wildman–Crippen MR) is 123 cm³/mol. The van der Waals surface area contributed by atoms with Crippen LogP contribution in [0.2, 0.25) is 5.02 Å². The largest absolute Gasteiger partial charge is 0.573 e. The number of carbonyl (C=O) groups is 1. The number of nitrogens with zero attached hydrogens (tertiary/aromatic N) is 2. The van der Waals surface area contributed by atoms with Gasteiger partial charge in [-0.2, -0.15) is 0 Å². The highest BCUT2D eigenvalue weighted by molar-refractivity contribution is 6.32. The van der Waals surface area contributed by atoms with Crippen LogP contribution in [0.4, 0.5) is 30.5 Å². The molecule has 2 aromatic carbocycles. The summed E-state index contributed by atoms with van der Waals surface area (Å²) in [7, 11) is 1.31.